The summed E-state index contributed by atoms with van der Waals surface area (Å²) in [4.78, 5) is 27.5. The highest BCUT2D eigenvalue weighted by molar-refractivity contribution is 9.10. The summed E-state index contributed by atoms with van der Waals surface area (Å²) in [7, 11) is 0. The highest BCUT2D eigenvalue weighted by Crippen LogP contribution is 2.16. The Morgan fingerprint density at radius 2 is 1.96 bits per heavy atom. The minimum absolute atomic E-state index is 0.000785. The van der Waals surface area contributed by atoms with Crippen LogP contribution in [-0.4, -0.2) is 34.1 Å². The first kappa shape index (κ1) is 18.5. The zero-order valence-electron chi connectivity index (χ0n) is 13.3. The third kappa shape index (κ3) is 5.05. The van der Waals surface area contributed by atoms with Crippen molar-refractivity contribution in [3.05, 3.63) is 46.2 Å². The fourth-order valence-electron chi connectivity index (χ4n) is 1.76. The predicted molar refractivity (Wildman–Crippen MR) is 92.9 cm³/mol. The minimum Gasteiger partial charge on any atom is -0.484 e. The maximum Gasteiger partial charge on any atom is 0.387 e. The highest BCUT2D eigenvalue weighted by atomic mass is 79.9. The van der Waals surface area contributed by atoms with Crippen molar-refractivity contribution in [2.45, 2.75) is 13.5 Å². The average Bonchev–Trinajstić information content (AvgIpc) is 2.99. The number of aryl methyl sites for hydroxylation is 1. The normalized spacial score (nSPS) is 11.2. The first-order valence-corrected chi connectivity index (χ1v) is 7.99. The first-order chi connectivity index (χ1) is 11.9. The molecule has 1 aromatic carbocycles. The monoisotopic (exact) mass is 409 g/mol. The molecule has 0 saturated carbocycles. The molecule has 1 heterocycles. The number of primary amides is 1. The van der Waals surface area contributed by atoms with E-state index in [4.69, 9.17) is 21.0 Å². The topological polar surface area (TPSA) is 135 Å². The fourth-order valence-corrected chi connectivity index (χ4v) is 2.24. The van der Waals surface area contributed by atoms with Gasteiger partial charge in [0.25, 0.3) is 5.91 Å². The van der Waals surface area contributed by atoms with Gasteiger partial charge in [-0.15, -0.1) is 0 Å². The number of amides is 1. The summed E-state index contributed by atoms with van der Waals surface area (Å²) >= 11 is 3.23. The second-order valence-electron chi connectivity index (χ2n) is 4.82. The minimum atomic E-state index is -0.733. The van der Waals surface area contributed by atoms with Gasteiger partial charge in [0.05, 0.1) is 4.47 Å². The van der Waals surface area contributed by atoms with E-state index in [9.17, 15) is 9.59 Å². The van der Waals surface area contributed by atoms with E-state index in [1.807, 2.05) is 6.92 Å². The van der Waals surface area contributed by atoms with E-state index in [0.717, 1.165) is 0 Å². The van der Waals surface area contributed by atoms with Crippen LogP contribution >= 0.6 is 15.9 Å². The van der Waals surface area contributed by atoms with Crippen LogP contribution in [0.4, 0.5) is 0 Å². The maximum atomic E-state index is 12.0. The summed E-state index contributed by atoms with van der Waals surface area (Å²) in [5.41, 5.74) is 11.4. The van der Waals surface area contributed by atoms with Crippen molar-refractivity contribution >= 4 is 33.6 Å². The van der Waals surface area contributed by atoms with Gasteiger partial charge in [0.15, 0.2) is 18.1 Å². The van der Waals surface area contributed by atoms with E-state index in [2.05, 4.69) is 26.2 Å². The Hall–Kier alpha value is -2.88. The zero-order chi connectivity index (χ0) is 18.4. The molecule has 1 amide bonds. The molecule has 1 aromatic heterocycles. The van der Waals surface area contributed by atoms with Gasteiger partial charge in [0.2, 0.25) is 0 Å². The molecule has 0 unspecified atom stereocenters. The van der Waals surface area contributed by atoms with Crippen molar-refractivity contribution < 1.29 is 19.2 Å². The molecule has 25 heavy (non-hydrogen) atoms. The Bertz CT molecular complexity index is 801. The van der Waals surface area contributed by atoms with Crippen molar-refractivity contribution in [3.63, 3.8) is 0 Å². The molecule has 0 aliphatic carbocycles. The Morgan fingerprint density at radius 3 is 2.52 bits per heavy atom. The van der Waals surface area contributed by atoms with E-state index in [1.165, 1.54) is 0 Å². The summed E-state index contributed by atoms with van der Waals surface area (Å²) < 4.78 is 7.21. The smallest absolute Gasteiger partial charge is 0.387 e. The molecule has 2 aromatic rings. The summed E-state index contributed by atoms with van der Waals surface area (Å²) in [5.74, 6) is -0.862. The van der Waals surface area contributed by atoms with E-state index in [1.54, 1.807) is 35.1 Å². The van der Waals surface area contributed by atoms with Gasteiger partial charge in [-0.25, -0.2) is 4.79 Å². The summed E-state index contributed by atoms with van der Waals surface area (Å²) in [6, 6.07) is 6.37. The largest absolute Gasteiger partial charge is 0.484 e. The van der Waals surface area contributed by atoms with Gasteiger partial charge < -0.3 is 21.0 Å². The number of hydrogen-bond acceptors (Lipinski definition) is 6. The Balaban J connectivity index is 2.01. The SMILES string of the molecule is CCn1cc(Br)c(C(=O)O/N=C(\N)c2ccc(OCC(N)=O)cc2)n1. The molecule has 2 rings (SSSR count). The first-order valence-electron chi connectivity index (χ1n) is 7.20. The van der Waals surface area contributed by atoms with Crippen LogP contribution in [0.5, 0.6) is 5.75 Å². The van der Waals surface area contributed by atoms with Crippen molar-refractivity contribution in [3.8, 4) is 5.75 Å². The van der Waals surface area contributed by atoms with Crippen LogP contribution in [-0.2, 0) is 16.2 Å². The maximum absolute atomic E-state index is 12.0. The van der Waals surface area contributed by atoms with Crippen molar-refractivity contribution in [2.24, 2.45) is 16.6 Å². The van der Waals surface area contributed by atoms with Gasteiger partial charge in [-0.05, 0) is 47.1 Å². The van der Waals surface area contributed by atoms with Crippen molar-refractivity contribution in [1.82, 2.24) is 9.78 Å². The second-order valence-corrected chi connectivity index (χ2v) is 5.67. The van der Waals surface area contributed by atoms with E-state index in [0.29, 0.717) is 22.3 Å². The molecule has 0 saturated heterocycles. The van der Waals surface area contributed by atoms with Crippen LogP contribution in [0.2, 0.25) is 0 Å². The number of halogens is 1. The third-order valence-corrected chi connectivity index (χ3v) is 3.57. The number of nitrogens with zero attached hydrogens (tertiary/aromatic N) is 3. The molecular formula is C15H16BrN5O4. The molecule has 9 nitrogen and oxygen atoms in total. The number of benzene rings is 1. The molecule has 0 fully saturated rings. The number of carbonyl (C=O) groups excluding carboxylic acids is 2. The van der Waals surface area contributed by atoms with E-state index >= 15 is 0 Å². The zero-order valence-corrected chi connectivity index (χ0v) is 14.9. The number of nitrogens with two attached hydrogens (primary N) is 2. The lowest BCUT2D eigenvalue weighted by molar-refractivity contribution is -0.119. The average molecular weight is 410 g/mol. The lowest BCUT2D eigenvalue weighted by Gasteiger charge is -2.05. The van der Waals surface area contributed by atoms with E-state index < -0.39 is 11.9 Å². The summed E-state index contributed by atoms with van der Waals surface area (Å²) in [6.07, 6.45) is 1.66. The molecule has 0 spiro atoms. The molecular weight excluding hydrogens is 394 g/mol. The van der Waals surface area contributed by atoms with Crippen LogP contribution < -0.4 is 16.2 Å². The van der Waals surface area contributed by atoms with Gasteiger partial charge in [-0.1, -0.05) is 5.16 Å². The molecule has 0 aliphatic heterocycles. The molecule has 132 valence electrons. The van der Waals surface area contributed by atoms with Gasteiger partial charge in [-0.3, -0.25) is 9.48 Å². The van der Waals surface area contributed by atoms with Gasteiger partial charge in [-0.2, -0.15) is 5.10 Å². The second kappa shape index (κ2) is 8.29. The lowest BCUT2D eigenvalue weighted by Crippen LogP contribution is -2.20. The molecule has 0 aliphatic rings. The van der Waals surface area contributed by atoms with Gasteiger partial charge in [0.1, 0.15) is 5.75 Å². The predicted octanol–water partition coefficient (Wildman–Crippen LogP) is 1.01. The molecule has 0 atom stereocenters. The number of aromatic nitrogens is 2. The highest BCUT2D eigenvalue weighted by Gasteiger charge is 2.17. The third-order valence-electron chi connectivity index (χ3n) is 2.99. The lowest BCUT2D eigenvalue weighted by atomic mass is 10.2. The van der Waals surface area contributed by atoms with E-state index in [-0.39, 0.29) is 18.1 Å². The summed E-state index contributed by atoms with van der Waals surface area (Å²) in [5, 5.41) is 7.67. The van der Waals surface area contributed by atoms with Crippen LogP contribution in [0, 0.1) is 0 Å². The molecule has 0 bridgehead atoms. The van der Waals surface area contributed by atoms with Crippen LogP contribution in [0.3, 0.4) is 0 Å². The molecule has 10 heteroatoms. The molecule has 4 N–H and O–H groups in total. The van der Waals surface area contributed by atoms with Crippen LogP contribution in [0.1, 0.15) is 23.0 Å². The van der Waals surface area contributed by atoms with Crippen molar-refractivity contribution in [2.75, 3.05) is 6.61 Å². The number of ether oxygens (including phenoxy) is 1. The fraction of sp³-hybridized carbons (Fsp3) is 0.200. The summed E-state index contributed by atoms with van der Waals surface area (Å²) in [6.45, 7) is 2.28. The quantitative estimate of drug-likeness (QED) is 0.303. The Morgan fingerprint density at radius 1 is 1.28 bits per heavy atom. The number of oxime groups is 1. The van der Waals surface area contributed by atoms with Crippen LogP contribution in [0.15, 0.2) is 40.1 Å². The van der Waals surface area contributed by atoms with Gasteiger partial charge in [0, 0.05) is 18.3 Å². The van der Waals surface area contributed by atoms with Crippen molar-refractivity contribution in [1.29, 1.82) is 0 Å². The Kier molecular flexibility index (Phi) is 6.12. The number of rotatable bonds is 7. The Labute approximate surface area is 151 Å². The number of amidine groups is 1. The number of carbonyl (C=O) groups is 2. The van der Waals surface area contributed by atoms with Crippen LogP contribution in [0.25, 0.3) is 0 Å². The number of hydrogen-bond donors (Lipinski definition) is 2. The molecule has 0 radical (unpaired) electrons. The standard InChI is InChI=1S/C15H16BrN5O4/c1-2-21-7-11(16)13(19-21)15(23)25-20-14(18)9-3-5-10(6-4-9)24-8-12(17)22/h3-7H,2,8H2,1H3,(H2,17,22)(H2,18,20). The van der Waals surface area contributed by atoms with Gasteiger partial charge >= 0.3 is 5.97 Å².